The normalized spacial score (nSPS) is 13.6. The van der Waals surface area contributed by atoms with Crippen molar-refractivity contribution in [1.29, 1.82) is 5.26 Å². The predicted molar refractivity (Wildman–Crippen MR) is 115 cm³/mol. The molecule has 0 saturated heterocycles. The number of aryl methyl sites for hydroxylation is 1. The van der Waals surface area contributed by atoms with Gasteiger partial charge in [0.15, 0.2) is 0 Å². The van der Waals surface area contributed by atoms with Crippen LogP contribution in [0.2, 0.25) is 0 Å². The van der Waals surface area contributed by atoms with E-state index in [0.717, 1.165) is 11.1 Å². The number of benzene rings is 3. The molecular weight excluding hydrogens is 396 g/mol. The van der Waals surface area contributed by atoms with Crippen molar-refractivity contribution in [2.45, 2.75) is 28.8 Å². The number of esters is 1. The maximum atomic E-state index is 13.3. The first-order valence-corrected chi connectivity index (χ1v) is 10.5. The highest BCUT2D eigenvalue weighted by Crippen LogP contribution is 2.31. The van der Waals surface area contributed by atoms with E-state index in [9.17, 15) is 14.3 Å². The number of nitrogens with zero attached hydrogens (tertiary/aromatic N) is 1. The van der Waals surface area contributed by atoms with Crippen molar-refractivity contribution in [2.24, 2.45) is 0 Å². The molecule has 0 aliphatic carbocycles. The molecule has 0 aliphatic rings. The fourth-order valence-electron chi connectivity index (χ4n) is 3.13. The molecule has 0 aliphatic heterocycles. The molecule has 0 heterocycles. The molecule has 3 aromatic carbocycles. The van der Waals surface area contributed by atoms with Gasteiger partial charge in [0.25, 0.3) is 0 Å². The molecule has 1 N–H and O–H groups in total. The number of nitriles is 1. The summed E-state index contributed by atoms with van der Waals surface area (Å²) in [6, 6.07) is 25.6. The minimum Gasteiger partial charge on any atom is -0.467 e. The van der Waals surface area contributed by atoms with Gasteiger partial charge in [0.2, 0.25) is 5.54 Å². The van der Waals surface area contributed by atoms with E-state index in [4.69, 9.17) is 4.74 Å². The van der Waals surface area contributed by atoms with Crippen LogP contribution < -0.4 is 5.32 Å². The molecule has 3 rings (SSSR count). The molecule has 0 aromatic heterocycles. The van der Waals surface area contributed by atoms with Gasteiger partial charge in [-0.05, 0) is 30.7 Å². The topological polar surface area (TPSA) is 79.2 Å². The van der Waals surface area contributed by atoms with Crippen molar-refractivity contribution in [3.05, 3.63) is 95.6 Å². The molecule has 0 spiro atoms. The molecule has 3 aromatic rings. The number of rotatable bonds is 7. The second-order valence-electron chi connectivity index (χ2n) is 6.77. The SMILES string of the molecule is COC(=O)[C@](C#N)(NCc1ccccc1)c1ccccc1[S@@](=O)c1ccc(C)cc1. The molecule has 0 fully saturated rings. The predicted octanol–water partition coefficient (Wildman–Crippen LogP) is 3.84. The fraction of sp³-hybridized carbons (Fsp3) is 0.167. The van der Waals surface area contributed by atoms with Crippen LogP contribution in [0.15, 0.2) is 88.7 Å². The zero-order valence-corrected chi connectivity index (χ0v) is 17.6. The highest BCUT2D eigenvalue weighted by Gasteiger charge is 2.44. The minimum absolute atomic E-state index is 0.259. The molecular formula is C24H22N2O3S. The third-order valence-corrected chi connectivity index (χ3v) is 6.24. The van der Waals surface area contributed by atoms with Crippen LogP contribution in [-0.2, 0) is 32.4 Å². The largest absolute Gasteiger partial charge is 0.467 e. The molecule has 0 radical (unpaired) electrons. The van der Waals surface area contributed by atoms with E-state index in [0.29, 0.717) is 15.4 Å². The summed E-state index contributed by atoms with van der Waals surface area (Å²) in [5.74, 6) is -0.755. The summed E-state index contributed by atoms with van der Waals surface area (Å²) >= 11 is 0. The smallest absolute Gasteiger partial charge is 0.345 e. The van der Waals surface area contributed by atoms with Crippen LogP contribution in [0.1, 0.15) is 16.7 Å². The third kappa shape index (κ3) is 4.33. The Labute approximate surface area is 178 Å². The Morgan fingerprint density at radius 3 is 2.30 bits per heavy atom. The Morgan fingerprint density at radius 1 is 1.03 bits per heavy atom. The number of methoxy groups -OCH3 is 1. The molecule has 0 bridgehead atoms. The average Bonchev–Trinajstić information content (AvgIpc) is 2.80. The first kappa shape index (κ1) is 21.4. The summed E-state index contributed by atoms with van der Waals surface area (Å²) in [4.78, 5) is 13.8. The second-order valence-corrected chi connectivity index (χ2v) is 8.22. The lowest BCUT2D eigenvalue weighted by molar-refractivity contribution is -0.146. The van der Waals surface area contributed by atoms with Gasteiger partial charge in [-0.2, -0.15) is 5.26 Å². The Hall–Kier alpha value is -3.27. The average molecular weight is 419 g/mol. The lowest BCUT2D eigenvalue weighted by Gasteiger charge is -2.27. The van der Waals surface area contributed by atoms with Crippen molar-refractivity contribution < 1.29 is 13.7 Å². The molecule has 152 valence electrons. The maximum Gasteiger partial charge on any atom is 0.345 e. The quantitative estimate of drug-likeness (QED) is 0.590. The molecule has 2 atom stereocenters. The van der Waals surface area contributed by atoms with Crippen LogP contribution in [0.5, 0.6) is 0 Å². The van der Waals surface area contributed by atoms with Crippen molar-refractivity contribution in [3.63, 3.8) is 0 Å². The zero-order chi connectivity index (χ0) is 21.6. The van der Waals surface area contributed by atoms with Crippen LogP contribution in [0.3, 0.4) is 0 Å². The van der Waals surface area contributed by atoms with Crippen molar-refractivity contribution in [3.8, 4) is 6.07 Å². The van der Waals surface area contributed by atoms with Crippen LogP contribution in [0.25, 0.3) is 0 Å². The number of carbonyl (C=O) groups is 1. The zero-order valence-electron chi connectivity index (χ0n) is 16.8. The summed E-state index contributed by atoms with van der Waals surface area (Å²) in [5.41, 5.74) is 0.462. The van der Waals surface area contributed by atoms with E-state index >= 15 is 0 Å². The van der Waals surface area contributed by atoms with Crippen molar-refractivity contribution in [1.82, 2.24) is 5.32 Å². The monoisotopic (exact) mass is 418 g/mol. The molecule has 5 nitrogen and oxygen atoms in total. The molecule has 0 unspecified atom stereocenters. The van der Waals surface area contributed by atoms with Gasteiger partial charge in [-0.25, -0.2) is 9.00 Å². The van der Waals surface area contributed by atoms with E-state index < -0.39 is 22.3 Å². The van der Waals surface area contributed by atoms with Crippen molar-refractivity contribution >= 4 is 16.8 Å². The van der Waals surface area contributed by atoms with E-state index in [2.05, 4.69) is 11.4 Å². The van der Waals surface area contributed by atoms with E-state index in [-0.39, 0.29) is 6.54 Å². The first-order chi connectivity index (χ1) is 14.5. The highest BCUT2D eigenvalue weighted by atomic mass is 32.2. The maximum absolute atomic E-state index is 13.3. The van der Waals surface area contributed by atoms with Gasteiger partial charge in [0.1, 0.15) is 6.07 Å². The lowest BCUT2D eigenvalue weighted by atomic mass is 9.90. The molecule has 30 heavy (non-hydrogen) atoms. The van der Waals surface area contributed by atoms with Gasteiger partial charge < -0.3 is 4.74 Å². The van der Waals surface area contributed by atoms with E-state index in [1.807, 2.05) is 49.4 Å². The Morgan fingerprint density at radius 2 is 1.67 bits per heavy atom. The Bertz CT molecular complexity index is 1090. The standard InChI is InChI=1S/C24H22N2O3S/c1-18-12-14-20(15-13-18)30(28)22-11-7-6-10-21(22)24(17-25,23(27)29-2)26-16-19-8-4-3-5-9-19/h3-15,26H,16H2,1-2H3/t24-,30+/m1/s1. The Balaban J connectivity index is 2.08. The number of carbonyl (C=O) groups excluding carboxylic acids is 1. The summed E-state index contributed by atoms with van der Waals surface area (Å²) in [6.45, 7) is 2.21. The summed E-state index contributed by atoms with van der Waals surface area (Å²) in [7, 11) is -0.346. The highest BCUT2D eigenvalue weighted by molar-refractivity contribution is 7.85. The Kier molecular flexibility index (Phi) is 6.78. The van der Waals surface area contributed by atoms with Gasteiger partial charge in [0.05, 0.1) is 22.8 Å². The summed E-state index contributed by atoms with van der Waals surface area (Å²) in [5, 5.41) is 13.2. The summed E-state index contributed by atoms with van der Waals surface area (Å²) < 4.78 is 18.3. The summed E-state index contributed by atoms with van der Waals surface area (Å²) in [6.07, 6.45) is 0. The molecule has 0 amide bonds. The van der Waals surface area contributed by atoms with Crippen molar-refractivity contribution in [2.75, 3.05) is 7.11 Å². The van der Waals surface area contributed by atoms with Gasteiger partial charge >= 0.3 is 5.97 Å². The number of ether oxygens (including phenoxy) is 1. The fourth-order valence-corrected chi connectivity index (χ4v) is 4.39. The number of nitrogens with one attached hydrogen (secondary N) is 1. The van der Waals surface area contributed by atoms with Gasteiger partial charge in [-0.15, -0.1) is 0 Å². The lowest BCUT2D eigenvalue weighted by Crippen LogP contribution is -2.49. The van der Waals surface area contributed by atoms with Crippen LogP contribution in [0.4, 0.5) is 0 Å². The van der Waals surface area contributed by atoms with E-state index in [1.54, 1.807) is 36.4 Å². The second kappa shape index (κ2) is 9.49. The third-order valence-electron chi connectivity index (χ3n) is 4.79. The van der Waals surface area contributed by atoms with E-state index in [1.165, 1.54) is 7.11 Å². The van der Waals surface area contributed by atoms with Gasteiger partial charge in [0, 0.05) is 17.0 Å². The number of hydrogen-bond donors (Lipinski definition) is 1. The van der Waals surface area contributed by atoms with Crippen LogP contribution in [0, 0.1) is 18.3 Å². The number of hydrogen-bond acceptors (Lipinski definition) is 5. The van der Waals surface area contributed by atoms with Gasteiger partial charge in [-0.3, -0.25) is 5.32 Å². The minimum atomic E-state index is -1.80. The first-order valence-electron chi connectivity index (χ1n) is 9.38. The molecule has 6 heteroatoms. The van der Waals surface area contributed by atoms with Crippen LogP contribution in [-0.4, -0.2) is 17.3 Å². The van der Waals surface area contributed by atoms with Gasteiger partial charge in [-0.1, -0.05) is 66.2 Å². The van der Waals surface area contributed by atoms with Crippen LogP contribution >= 0.6 is 0 Å². The molecule has 0 saturated carbocycles.